The number of carbonyl (C=O) groups is 3. The first-order valence-corrected chi connectivity index (χ1v) is 6.69. The van der Waals surface area contributed by atoms with Crippen molar-refractivity contribution in [3.8, 4) is 11.5 Å². The molecule has 0 unspecified atom stereocenters. The molecule has 7 nitrogen and oxygen atoms in total. The van der Waals surface area contributed by atoms with Crippen molar-refractivity contribution in [2.24, 2.45) is 0 Å². The van der Waals surface area contributed by atoms with E-state index in [1.54, 1.807) is 27.3 Å². The van der Waals surface area contributed by atoms with Gasteiger partial charge in [-0.3, -0.25) is 19.7 Å². The average molecular weight is 308 g/mol. The molecule has 1 rings (SSSR count). The molecule has 0 aliphatic heterocycles. The van der Waals surface area contributed by atoms with Gasteiger partial charge in [0.2, 0.25) is 18.2 Å². The molecule has 0 spiro atoms. The lowest BCUT2D eigenvalue weighted by Gasteiger charge is -2.17. The summed E-state index contributed by atoms with van der Waals surface area (Å²) < 4.78 is 10.4. The zero-order valence-electron chi connectivity index (χ0n) is 12.9. The number of methoxy groups -OCH3 is 2. The summed E-state index contributed by atoms with van der Waals surface area (Å²) in [5.41, 5.74) is 0.981. The molecular weight excluding hydrogens is 288 g/mol. The number of imide groups is 1. The molecule has 0 bridgehead atoms. The molecule has 7 heteroatoms. The first kappa shape index (κ1) is 17.5. The van der Waals surface area contributed by atoms with Crippen LogP contribution >= 0.6 is 0 Å². The number of nitrogens with one attached hydrogen (secondary N) is 1. The first-order valence-electron chi connectivity index (χ1n) is 6.69. The number of amides is 3. The Kier molecular flexibility index (Phi) is 6.88. The van der Waals surface area contributed by atoms with Crippen molar-refractivity contribution in [3.05, 3.63) is 23.8 Å². The number of hydrogen-bond donors (Lipinski definition) is 1. The maximum atomic E-state index is 11.8. The Bertz CT molecular complexity index is 545. The third kappa shape index (κ3) is 5.08. The van der Waals surface area contributed by atoms with E-state index in [1.165, 1.54) is 4.90 Å². The summed E-state index contributed by atoms with van der Waals surface area (Å²) in [7, 11) is 4.73. The molecule has 0 aromatic heterocycles. The van der Waals surface area contributed by atoms with Crippen LogP contribution in [0.15, 0.2) is 18.2 Å². The zero-order chi connectivity index (χ0) is 16.5. The summed E-state index contributed by atoms with van der Waals surface area (Å²) >= 11 is 0. The van der Waals surface area contributed by atoms with Gasteiger partial charge in [-0.1, -0.05) is 6.07 Å². The van der Waals surface area contributed by atoms with E-state index in [1.807, 2.05) is 17.4 Å². The summed E-state index contributed by atoms with van der Waals surface area (Å²) in [5.74, 6) is 0.304. The standard InChI is InChI=1S/C15H20N2O5/c1-17(15(20)9-14(19)16-10-18)7-6-11-4-5-12(21-2)13(8-11)22-3/h4-5,8,10H,6-7,9H2,1-3H3,(H,16,18,19). The van der Waals surface area contributed by atoms with Crippen LogP contribution in [0.3, 0.4) is 0 Å². The van der Waals surface area contributed by atoms with Crippen LogP contribution in [0.5, 0.6) is 11.5 Å². The van der Waals surface area contributed by atoms with Crippen LogP contribution in [0.25, 0.3) is 0 Å². The van der Waals surface area contributed by atoms with Crippen LogP contribution in [0, 0.1) is 0 Å². The molecule has 0 aliphatic carbocycles. The lowest BCUT2D eigenvalue weighted by atomic mass is 10.1. The SMILES string of the molecule is COc1ccc(CCN(C)C(=O)CC(=O)NC=O)cc1OC. The van der Waals surface area contributed by atoms with E-state index >= 15 is 0 Å². The Hall–Kier alpha value is -2.57. The van der Waals surface area contributed by atoms with Crippen LogP contribution in [-0.4, -0.2) is 50.9 Å². The van der Waals surface area contributed by atoms with Gasteiger partial charge >= 0.3 is 0 Å². The van der Waals surface area contributed by atoms with E-state index in [0.717, 1.165) is 5.56 Å². The van der Waals surface area contributed by atoms with E-state index in [2.05, 4.69) is 0 Å². The van der Waals surface area contributed by atoms with Gasteiger partial charge in [0.15, 0.2) is 11.5 Å². The molecule has 0 radical (unpaired) electrons. The number of likely N-dealkylation sites (N-methyl/N-ethyl adjacent to an activating group) is 1. The summed E-state index contributed by atoms with van der Waals surface area (Å²) in [6, 6.07) is 5.53. The van der Waals surface area contributed by atoms with Gasteiger partial charge < -0.3 is 14.4 Å². The van der Waals surface area contributed by atoms with E-state index in [-0.39, 0.29) is 18.7 Å². The van der Waals surface area contributed by atoms with Crippen LogP contribution in [-0.2, 0) is 20.8 Å². The highest BCUT2D eigenvalue weighted by Crippen LogP contribution is 2.27. The minimum atomic E-state index is -0.613. The molecule has 0 fully saturated rings. The zero-order valence-corrected chi connectivity index (χ0v) is 12.9. The molecule has 22 heavy (non-hydrogen) atoms. The fourth-order valence-corrected chi connectivity index (χ4v) is 1.85. The molecule has 0 heterocycles. The molecular formula is C15H20N2O5. The van der Waals surface area contributed by atoms with E-state index in [0.29, 0.717) is 24.5 Å². The summed E-state index contributed by atoms with van der Waals surface area (Å²) in [6.07, 6.45) is 0.526. The molecule has 0 saturated carbocycles. The van der Waals surface area contributed by atoms with Gasteiger partial charge in [-0.15, -0.1) is 0 Å². The van der Waals surface area contributed by atoms with Gasteiger partial charge in [-0.2, -0.15) is 0 Å². The summed E-state index contributed by atoms with van der Waals surface area (Å²) in [5, 5.41) is 1.94. The predicted molar refractivity (Wildman–Crippen MR) is 79.7 cm³/mol. The van der Waals surface area contributed by atoms with Crippen LogP contribution in [0.2, 0.25) is 0 Å². The van der Waals surface area contributed by atoms with Gasteiger partial charge in [-0.25, -0.2) is 0 Å². The van der Waals surface area contributed by atoms with Gasteiger partial charge in [0, 0.05) is 13.6 Å². The average Bonchev–Trinajstić information content (AvgIpc) is 2.52. The monoisotopic (exact) mass is 308 g/mol. The Balaban J connectivity index is 2.56. The smallest absolute Gasteiger partial charge is 0.235 e. The summed E-state index contributed by atoms with van der Waals surface area (Å²) in [6.45, 7) is 0.447. The third-order valence-corrected chi connectivity index (χ3v) is 3.14. The minimum absolute atomic E-state index is 0.263. The molecule has 120 valence electrons. The number of nitrogens with zero attached hydrogens (tertiary/aromatic N) is 1. The van der Waals surface area contributed by atoms with Gasteiger partial charge in [0.1, 0.15) is 6.42 Å². The quantitative estimate of drug-likeness (QED) is 0.554. The molecule has 0 atom stereocenters. The Morgan fingerprint density at radius 3 is 2.50 bits per heavy atom. The second-order valence-corrected chi connectivity index (χ2v) is 4.62. The maximum absolute atomic E-state index is 11.8. The molecule has 1 aromatic carbocycles. The lowest BCUT2D eigenvalue weighted by Crippen LogP contribution is -2.34. The second kappa shape index (κ2) is 8.66. The van der Waals surface area contributed by atoms with Gasteiger partial charge in [0.25, 0.3) is 0 Å². The number of carbonyl (C=O) groups excluding carboxylic acids is 3. The predicted octanol–water partition coefficient (Wildman–Crippen LogP) is 0.367. The van der Waals surface area contributed by atoms with Crippen LogP contribution < -0.4 is 14.8 Å². The van der Waals surface area contributed by atoms with Crippen molar-refractivity contribution in [1.82, 2.24) is 10.2 Å². The normalized spacial score (nSPS) is 9.77. The first-order chi connectivity index (χ1) is 10.5. The molecule has 3 amide bonds. The number of ether oxygens (including phenoxy) is 2. The van der Waals surface area contributed by atoms with Crippen LogP contribution in [0.1, 0.15) is 12.0 Å². The highest BCUT2D eigenvalue weighted by Gasteiger charge is 2.14. The van der Waals surface area contributed by atoms with E-state index in [9.17, 15) is 14.4 Å². The van der Waals surface area contributed by atoms with Gasteiger partial charge in [-0.05, 0) is 24.1 Å². The maximum Gasteiger partial charge on any atom is 0.235 e. The lowest BCUT2D eigenvalue weighted by molar-refractivity contribution is -0.135. The third-order valence-electron chi connectivity index (χ3n) is 3.14. The number of benzene rings is 1. The topological polar surface area (TPSA) is 84.9 Å². The Morgan fingerprint density at radius 2 is 1.91 bits per heavy atom. The molecule has 0 aliphatic rings. The largest absolute Gasteiger partial charge is 0.493 e. The van der Waals surface area contributed by atoms with Crippen molar-refractivity contribution in [1.29, 1.82) is 0 Å². The van der Waals surface area contributed by atoms with Crippen molar-refractivity contribution in [2.45, 2.75) is 12.8 Å². The van der Waals surface area contributed by atoms with Crippen molar-refractivity contribution in [2.75, 3.05) is 27.8 Å². The highest BCUT2D eigenvalue weighted by molar-refractivity contribution is 6.00. The fraction of sp³-hybridized carbons (Fsp3) is 0.400. The molecule has 1 aromatic rings. The van der Waals surface area contributed by atoms with Crippen molar-refractivity contribution < 1.29 is 23.9 Å². The van der Waals surface area contributed by atoms with E-state index < -0.39 is 5.91 Å². The second-order valence-electron chi connectivity index (χ2n) is 4.62. The number of rotatable bonds is 8. The molecule has 0 saturated heterocycles. The van der Waals surface area contributed by atoms with E-state index in [4.69, 9.17) is 9.47 Å². The minimum Gasteiger partial charge on any atom is -0.493 e. The summed E-state index contributed by atoms with van der Waals surface area (Å²) in [4.78, 5) is 34.5. The molecule has 1 N–H and O–H groups in total. The van der Waals surface area contributed by atoms with Crippen molar-refractivity contribution >= 4 is 18.2 Å². The van der Waals surface area contributed by atoms with Crippen molar-refractivity contribution in [3.63, 3.8) is 0 Å². The fourth-order valence-electron chi connectivity index (χ4n) is 1.85. The Labute approximate surface area is 129 Å². The number of hydrogen-bond acceptors (Lipinski definition) is 5. The van der Waals surface area contributed by atoms with Gasteiger partial charge in [0.05, 0.1) is 14.2 Å². The van der Waals surface area contributed by atoms with Crippen LogP contribution in [0.4, 0.5) is 0 Å². The highest BCUT2D eigenvalue weighted by atomic mass is 16.5. The Morgan fingerprint density at radius 1 is 1.23 bits per heavy atom.